The lowest BCUT2D eigenvalue weighted by atomic mass is 10.1. The smallest absolute Gasteiger partial charge is 0.369 e. The van der Waals surface area contributed by atoms with Gasteiger partial charge in [0.2, 0.25) is 0 Å². The number of alkyl halides is 3. The molecule has 0 atom stereocenters. The summed E-state index contributed by atoms with van der Waals surface area (Å²) in [5.74, 6) is 0. The second kappa shape index (κ2) is 4.69. The van der Waals surface area contributed by atoms with Crippen LogP contribution in [0.3, 0.4) is 0 Å². The molecule has 1 aromatic rings. The number of hydrogen-bond donors (Lipinski definition) is 1. The van der Waals surface area contributed by atoms with E-state index in [2.05, 4.69) is 5.32 Å². The molecule has 0 aliphatic carbocycles. The van der Waals surface area contributed by atoms with Crippen LogP contribution in [0.2, 0.25) is 0 Å². The van der Waals surface area contributed by atoms with E-state index < -0.39 is 22.4 Å². The van der Waals surface area contributed by atoms with Crippen LogP contribution in [0, 0.1) is 10.1 Å². The maximum Gasteiger partial charge on any atom is 0.418 e. The van der Waals surface area contributed by atoms with Crippen LogP contribution in [0.5, 0.6) is 0 Å². The van der Waals surface area contributed by atoms with Crippen LogP contribution >= 0.6 is 0 Å². The van der Waals surface area contributed by atoms with Crippen molar-refractivity contribution in [1.29, 1.82) is 0 Å². The summed E-state index contributed by atoms with van der Waals surface area (Å²) in [6.45, 7) is 1.20. The van der Waals surface area contributed by atoms with Gasteiger partial charge in [-0.3, -0.25) is 10.1 Å². The number of nitrogens with one attached hydrogen (secondary N) is 1. The van der Waals surface area contributed by atoms with Gasteiger partial charge in [0.15, 0.2) is 0 Å². The summed E-state index contributed by atoms with van der Waals surface area (Å²) < 4.78 is 38.9. The molecule has 1 fully saturated rings. The van der Waals surface area contributed by atoms with E-state index in [4.69, 9.17) is 0 Å². The second-order valence-electron chi connectivity index (χ2n) is 4.38. The van der Waals surface area contributed by atoms with E-state index >= 15 is 0 Å². The summed E-state index contributed by atoms with van der Waals surface area (Å²) in [4.78, 5) is 11.3. The molecular weight excluding hydrogens is 263 g/mol. The number of nitrogens with zero attached hydrogens (tertiary/aromatic N) is 2. The molecule has 0 spiro atoms. The highest BCUT2D eigenvalue weighted by molar-refractivity contribution is 5.59. The van der Waals surface area contributed by atoms with Gasteiger partial charge in [-0.05, 0) is 6.07 Å². The van der Waals surface area contributed by atoms with E-state index in [-0.39, 0.29) is 11.7 Å². The number of non-ortho nitro benzene ring substituents is 1. The Balaban J connectivity index is 2.44. The third-order valence-electron chi connectivity index (χ3n) is 3.18. The molecule has 19 heavy (non-hydrogen) atoms. The van der Waals surface area contributed by atoms with Gasteiger partial charge in [-0.2, -0.15) is 13.2 Å². The molecular formula is C11H12F3N3O2. The van der Waals surface area contributed by atoms with Gasteiger partial charge in [-0.1, -0.05) is 0 Å². The normalized spacial score (nSPS) is 16.0. The number of hydrogen-bond acceptors (Lipinski definition) is 4. The van der Waals surface area contributed by atoms with Gasteiger partial charge in [0.25, 0.3) is 5.69 Å². The molecule has 1 N–H and O–H groups in total. The van der Waals surface area contributed by atoms with Crippen LogP contribution in [-0.2, 0) is 6.18 Å². The van der Waals surface area contributed by atoms with Crippen LogP contribution < -0.4 is 10.2 Å². The topological polar surface area (TPSA) is 58.4 Å². The highest BCUT2D eigenvalue weighted by Gasteiger charge is 2.37. The van der Waals surface area contributed by atoms with E-state index in [9.17, 15) is 23.3 Å². The molecule has 1 aromatic carbocycles. The molecule has 0 bridgehead atoms. The second-order valence-corrected chi connectivity index (χ2v) is 4.38. The van der Waals surface area contributed by atoms with Gasteiger partial charge < -0.3 is 10.2 Å². The Labute approximate surface area is 107 Å². The minimum Gasteiger partial charge on any atom is -0.369 e. The van der Waals surface area contributed by atoms with Crippen LogP contribution in [0.25, 0.3) is 0 Å². The van der Waals surface area contributed by atoms with Crippen molar-refractivity contribution in [1.82, 2.24) is 5.32 Å². The molecule has 8 heteroatoms. The number of rotatable bonds is 3. The highest BCUT2D eigenvalue weighted by Crippen LogP contribution is 2.39. The zero-order chi connectivity index (χ0) is 14.2. The third kappa shape index (κ3) is 2.62. The fraction of sp³-hybridized carbons (Fsp3) is 0.455. The molecule has 1 saturated heterocycles. The van der Waals surface area contributed by atoms with E-state index in [0.717, 1.165) is 12.1 Å². The monoisotopic (exact) mass is 275 g/mol. The van der Waals surface area contributed by atoms with Crippen molar-refractivity contribution in [3.63, 3.8) is 0 Å². The summed E-state index contributed by atoms with van der Waals surface area (Å²) in [7, 11) is 1.56. The van der Waals surface area contributed by atoms with Gasteiger partial charge in [-0.25, -0.2) is 0 Å². The Morgan fingerprint density at radius 2 is 2.05 bits per heavy atom. The van der Waals surface area contributed by atoms with Crippen molar-refractivity contribution in [2.75, 3.05) is 25.0 Å². The Bertz CT molecular complexity index is 500. The maximum atomic E-state index is 13.0. The number of benzene rings is 1. The van der Waals surface area contributed by atoms with E-state index in [0.29, 0.717) is 19.2 Å². The summed E-state index contributed by atoms with van der Waals surface area (Å²) in [5, 5.41) is 13.5. The minimum atomic E-state index is -4.62. The number of nitro groups is 1. The fourth-order valence-electron chi connectivity index (χ4n) is 1.92. The lowest BCUT2D eigenvalue weighted by Gasteiger charge is -2.38. The predicted octanol–water partition coefficient (Wildman–Crippen LogP) is 2.02. The molecule has 0 unspecified atom stereocenters. The maximum absolute atomic E-state index is 13.0. The number of nitro benzene ring substituents is 1. The largest absolute Gasteiger partial charge is 0.418 e. The summed E-state index contributed by atoms with van der Waals surface area (Å²) in [5.41, 5.74) is -1.57. The Hall–Kier alpha value is -1.83. The molecule has 0 saturated carbocycles. The number of likely N-dealkylation sites (N-methyl/N-ethyl adjacent to an activating group) is 1. The summed E-state index contributed by atoms with van der Waals surface area (Å²) >= 11 is 0. The fourth-order valence-corrected chi connectivity index (χ4v) is 1.92. The van der Waals surface area contributed by atoms with Crippen molar-refractivity contribution in [2.24, 2.45) is 0 Å². The molecule has 0 aromatic heterocycles. The minimum absolute atomic E-state index is 0.0254. The van der Waals surface area contributed by atoms with Crippen molar-refractivity contribution in [2.45, 2.75) is 12.2 Å². The van der Waals surface area contributed by atoms with Gasteiger partial charge in [0, 0.05) is 38.0 Å². The number of halogens is 3. The van der Waals surface area contributed by atoms with Crippen molar-refractivity contribution in [3.05, 3.63) is 33.9 Å². The zero-order valence-electron chi connectivity index (χ0n) is 10.1. The molecule has 1 heterocycles. The van der Waals surface area contributed by atoms with Gasteiger partial charge in [0.05, 0.1) is 16.5 Å². The van der Waals surface area contributed by atoms with Gasteiger partial charge in [0.1, 0.15) is 0 Å². The molecule has 1 aliphatic heterocycles. The lowest BCUT2D eigenvalue weighted by molar-refractivity contribution is -0.385. The Morgan fingerprint density at radius 1 is 1.42 bits per heavy atom. The first kappa shape index (κ1) is 13.6. The highest BCUT2D eigenvalue weighted by atomic mass is 19.4. The van der Waals surface area contributed by atoms with Crippen LogP contribution in [0.1, 0.15) is 5.56 Å². The van der Waals surface area contributed by atoms with Gasteiger partial charge in [-0.15, -0.1) is 0 Å². The first-order chi connectivity index (χ1) is 8.80. The van der Waals surface area contributed by atoms with Crippen molar-refractivity contribution >= 4 is 11.4 Å². The van der Waals surface area contributed by atoms with Crippen LogP contribution in [-0.4, -0.2) is 31.1 Å². The average Bonchev–Trinajstić information content (AvgIpc) is 2.24. The van der Waals surface area contributed by atoms with Crippen molar-refractivity contribution < 1.29 is 18.1 Å². The predicted molar refractivity (Wildman–Crippen MR) is 63.2 cm³/mol. The standard InChI is InChI=1S/C11H12F3N3O2/c1-16(8-5-15-6-8)10-3-2-7(17(18)19)4-9(10)11(12,13)14/h2-4,8,15H,5-6H2,1H3. The molecule has 2 rings (SSSR count). The molecule has 0 amide bonds. The SMILES string of the molecule is CN(c1ccc([N+](=O)[O-])cc1C(F)(F)F)C1CNC1. The third-order valence-corrected chi connectivity index (χ3v) is 3.18. The Morgan fingerprint density at radius 3 is 2.47 bits per heavy atom. The molecule has 0 radical (unpaired) electrons. The first-order valence-electron chi connectivity index (χ1n) is 5.60. The first-order valence-corrected chi connectivity index (χ1v) is 5.60. The molecule has 1 aliphatic rings. The van der Waals surface area contributed by atoms with Crippen molar-refractivity contribution in [3.8, 4) is 0 Å². The van der Waals surface area contributed by atoms with Crippen LogP contribution in [0.15, 0.2) is 18.2 Å². The lowest BCUT2D eigenvalue weighted by Crippen LogP contribution is -2.56. The van der Waals surface area contributed by atoms with E-state index in [1.165, 1.54) is 4.90 Å². The number of anilines is 1. The zero-order valence-corrected chi connectivity index (χ0v) is 10.1. The quantitative estimate of drug-likeness (QED) is 0.677. The average molecular weight is 275 g/mol. The summed E-state index contributed by atoms with van der Waals surface area (Å²) in [6.07, 6.45) is -4.62. The summed E-state index contributed by atoms with van der Waals surface area (Å²) in [6, 6.07) is 2.80. The molecule has 104 valence electrons. The van der Waals surface area contributed by atoms with Gasteiger partial charge >= 0.3 is 6.18 Å². The van der Waals surface area contributed by atoms with E-state index in [1.807, 2.05) is 0 Å². The molecule has 5 nitrogen and oxygen atoms in total. The van der Waals surface area contributed by atoms with E-state index in [1.54, 1.807) is 7.05 Å². The van der Waals surface area contributed by atoms with Crippen LogP contribution in [0.4, 0.5) is 24.5 Å². The Kier molecular flexibility index (Phi) is 3.36.